The summed E-state index contributed by atoms with van der Waals surface area (Å²) >= 11 is 0. The first kappa shape index (κ1) is 9.96. The van der Waals surface area contributed by atoms with Crippen LogP contribution in [0.4, 0.5) is 0 Å². The standard InChI is InChI=1S/C9H20N2O/c1-3-9(12)11-7-5-10(4-2)6-8-11/h9,12H,3-8H2,1-2H3. The second-order valence-corrected chi connectivity index (χ2v) is 3.36. The molecule has 0 amide bonds. The summed E-state index contributed by atoms with van der Waals surface area (Å²) in [7, 11) is 0. The van der Waals surface area contributed by atoms with Crippen LogP contribution in [0.1, 0.15) is 20.3 Å². The third-order valence-corrected chi connectivity index (χ3v) is 2.64. The molecule has 0 aromatic rings. The average Bonchev–Trinajstić information content (AvgIpc) is 2.17. The molecular weight excluding hydrogens is 152 g/mol. The van der Waals surface area contributed by atoms with Gasteiger partial charge in [0.15, 0.2) is 0 Å². The lowest BCUT2D eigenvalue weighted by molar-refractivity contribution is -0.0260. The topological polar surface area (TPSA) is 26.7 Å². The predicted molar refractivity (Wildman–Crippen MR) is 50.0 cm³/mol. The van der Waals surface area contributed by atoms with Crippen molar-refractivity contribution in [3.05, 3.63) is 0 Å². The Morgan fingerprint density at radius 3 is 2.17 bits per heavy atom. The number of nitrogens with zero attached hydrogens (tertiary/aromatic N) is 2. The highest BCUT2D eigenvalue weighted by Crippen LogP contribution is 2.06. The summed E-state index contributed by atoms with van der Waals surface area (Å²) in [6, 6.07) is 0. The minimum atomic E-state index is -0.219. The Balaban J connectivity index is 2.25. The van der Waals surface area contributed by atoms with E-state index in [2.05, 4.69) is 16.7 Å². The van der Waals surface area contributed by atoms with E-state index in [0.29, 0.717) is 0 Å². The van der Waals surface area contributed by atoms with E-state index in [0.717, 1.165) is 39.1 Å². The van der Waals surface area contributed by atoms with Gasteiger partial charge in [0, 0.05) is 26.2 Å². The van der Waals surface area contributed by atoms with E-state index in [-0.39, 0.29) is 6.23 Å². The van der Waals surface area contributed by atoms with Gasteiger partial charge in [0.1, 0.15) is 6.23 Å². The highest BCUT2D eigenvalue weighted by atomic mass is 16.3. The second-order valence-electron chi connectivity index (χ2n) is 3.36. The molecule has 0 spiro atoms. The van der Waals surface area contributed by atoms with Crippen molar-refractivity contribution in [1.29, 1.82) is 0 Å². The fraction of sp³-hybridized carbons (Fsp3) is 1.00. The van der Waals surface area contributed by atoms with Crippen LogP contribution in [0.2, 0.25) is 0 Å². The van der Waals surface area contributed by atoms with Crippen LogP contribution in [-0.2, 0) is 0 Å². The molecule has 1 heterocycles. The quantitative estimate of drug-likeness (QED) is 0.665. The van der Waals surface area contributed by atoms with Gasteiger partial charge in [0.05, 0.1) is 0 Å². The van der Waals surface area contributed by atoms with Crippen LogP contribution in [0.15, 0.2) is 0 Å². The number of aliphatic hydroxyl groups excluding tert-OH is 1. The fourth-order valence-electron chi connectivity index (χ4n) is 1.64. The molecule has 1 fully saturated rings. The third kappa shape index (κ3) is 2.44. The Labute approximate surface area is 75.0 Å². The summed E-state index contributed by atoms with van der Waals surface area (Å²) in [5.74, 6) is 0. The summed E-state index contributed by atoms with van der Waals surface area (Å²) in [6.45, 7) is 9.59. The first-order valence-electron chi connectivity index (χ1n) is 4.92. The molecule has 3 nitrogen and oxygen atoms in total. The van der Waals surface area contributed by atoms with E-state index in [1.54, 1.807) is 0 Å². The van der Waals surface area contributed by atoms with Gasteiger partial charge in [-0.2, -0.15) is 0 Å². The van der Waals surface area contributed by atoms with Crippen LogP contribution < -0.4 is 0 Å². The number of aliphatic hydroxyl groups is 1. The molecule has 1 rings (SSSR count). The van der Waals surface area contributed by atoms with Crippen molar-refractivity contribution in [3.8, 4) is 0 Å². The molecule has 0 saturated carbocycles. The number of hydrogen-bond acceptors (Lipinski definition) is 3. The van der Waals surface area contributed by atoms with E-state index >= 15 is 0 Å². The molecule has 0 aliphatic carbocycles. The molecule has 3 heteroatoms. The number of rotatable bonds is 3. The van der Waals surface area contributed by atoms with Crippen LogP contribution in [-0.4, -0.2) is 53.9 Å². The molecule has 1 aliphatic heterocycles. The minimum Gasteiger partial charge on any atom is -0.378 e. The molecule has 0 aromatic heterocycles. The molecule has 0 bridgehead atoms. The molecule has 0 aromatic carbocycles. The van der Waals surface area contributed by atoms with Gasteiger partial charge in [0.25, 0.3) is 0 Å². The maximum Gasteiger partial charge on any atom is 0.107 e. The van der Waals surface area contributed by atoms with E-state index in [1.165, 1.54) is 0 Å². The van der Waals surface area contributed by atoms with Gasteiger partial charge in [-0.05, 0) is 13.0 Å². The lowest BCUT2D eigenvalue weighted by Crippen LogP contribution is -2.49. The number of likely N-dealkylation sites (N-methyl/N-ethyl adjacent to an activating group) is 1. The summed E-state index contributed by atoms with van der Waals surface area (Å²) in [4.78, 5) is 4.57. The van der Waals surface area contributed by atoms with Crippen LogP contribution in [0.5, 0.6) is 0 Å². The normalized spacial score (nSPS) is 24.2. The van der Waals surface area contributed by atoms with E-state index in [1.807, 2.05) is 6.92 Å². The van der Waals surface area contributed by atoms with Crippen LogP contribution >= 0.6 is 0 Å². The maximum atomic E-state index is 9.55. The summed E-state index contributed by atoms with van der Waals surface area (Å²) in [5, 5.41) is 9.55. The molecule has 0 radical (unpaired) electrons. The van der Waals surface area contributed by atoms with Crippen molar-refractivity contribution in [3.63, 3.8) is 0 Å². The SMILES string of the molecule is CCC(O)N1CCN(CC)CC1. The molecule has 1 atom stereocenters. The van der Waals surface area contributed by atoms with Crippen LogP contribution in [0.25, 0.3) is 0 Å². The summed E-state index contributed by atoms with van der Waals surface area (Å²) in [6.07, 6.45) is 0.621. The summed E-state index contributed by atoms with van der Waals surface area (Å²) in [5.41, 5.74) is 0. The van der Waals surface area contributed by atoms with Gasteiger partial charge in [0.2, 0.25) is 0 Å². The first-order chi connectivity index (χ1) is 5.77. The lowest BCUT2D eigenvalue weighted by Gasteiger charge is -2.36. The van der Waals surface area contributed by atoms with Crippen molar-refractivity contribution < 1.29 is 5.11 Å². The van der Waals surface area contributed by atoms with Gasteiger partial charge in [-0.1, -0.05) is 13.8 Å². The van der Waals surface area contributed by atoms with Crippen molar-refractivity contribution in [2.45, 2.75) is 26.5 Å². The monoisotopic (exact) mass is 172 g/mol. The number of hydrogen-bond donors (Lipinski definition) is 1. The highest BCUT2D eigenvalue weighted by Gasteiger charge is 2.19. The maximum absolute atomic E-state index is 9.55. The smallest absolute Gasteiger partial charge is 0.107 e. The Kier molecular flexibility index (Phi) is 3.98. The van der Waals surface area contributed by atoms with Crippen molar-refractivity contribution in [1.82, 2.24) is 9.80 Å². The first-order valence-corrected chi connectivity index (χ1v) is 4.92. The van der Waals surface area contributed by atoms with Gasteiger partial charge in [-0.15, -0.1) is 0 Å². The number of piperazine rings is 1. The van der Waals surface area contributed by atoms with Gasteiger partial charge < -0.3 is 10.0 Å². The Bertz CT molecular complexity index is 122. The van der Waals surface area contributed by atoms with E-state index in [9.17, 15) is 5.11 Å². The zero-order valence-corrected chi connectivity index (χ0v) is 8.16. The predicted octanol–water partition coefficient (Wildman–Crippen LogP) is 0.352. The Morgan fingerprint density at radius 1 is 1.17 bits per heavy atom. The molecule has 1 N–H and O–H groups in total. The lowest BCUT2D eigenvalue weighted by atomic mass is 10.3. The van der Waals surface area contributed by atoms with Crippen molar-refractivity contribution >= 4 is 0 Å². The third-order valence-electron chi connectivity index (χ3n) is 2.64. The average molecular weight is 172 g/mol. The van der Waals surface area contributed by atoms with Gasteiger partial charge in [-0.3, -0.25) is 4.90 Å². The van der Waals surface area contributed by atoms with Crippen LogP contribution in [0.3, 0.4) is 0 Å². The van der Waals surface area contributed by atoms with Crippen LogP contribution in [0, 0.1) is 0 Å². The summed E-state index contributed by atoms with van der Waals surface area (Å²) < 4.78 is 0. The molecular formula is C9H20N2O. The van der Waals surface area contributed by atoms with E-state index < -0.39 is 0 Å². The zero-order valence-electron chi connectivity index (χ0n) is 8.16. The zero-order chi connectivity index (χ0) is 8.97. The van der Waals surface area contributed by atoms with Crippen molar-refractivity contribution in [2.24, 2.45) is 0 Å². The van der Waals surface area contributed by atoms with Gasteiger partial charge >= 0.3 is 0 Å². The largest absolute Gasteiger partial charge is 0.378 e. The molecule has 12 heavy (non-hydrogen) atoms. The highest BCUT2D eigenvalue weighted by molar-refractivity contribution is 4.72. The Morgan fingerprint density at radius 2 is 1.75 bits per heavy atom. The molecule has 1 unspecified atom stereocenters. The second kappa shape index (κ2) is 4.80. The fourth-order valence-corrected chi connectivity index (χ4v) is 1.64. The molecule has 1 saturated heterocycles. The van der Waals surface area contributed by atoms with E-state index in [4.69, 9.17) is 0 Å². The molecule has 1 aliphatic rings. The minimum absolute atomic E-state index is 0.219. The Hall–Kier alpha value is -0.120. The van der Waals surface area contributed by atoms with Crippen molar-refractivity contribution in [2.75, 3.05) is 32.7 Å². The molecule has 72 valence electrons. The van der Waals surface area contributed by atoms with Gasteiger partial charge in [-0.25, -0.2) is 0 Å².